The summed E-state index contributed by atoms with van der Waals surface area (Å²) >= 11 is 0. The molecule has 0 N–H and O–H groups in total. The van der Waals surface area contributed by atoms with Gasteiger partial charge in [0.1, 0.15) is 12.4 Å². The molecule has 0 radical (unpaired) electrons. The number of fused-ring (bicyclic) bond motifs is 1. The minimum absolute atomic E-state index is 0.130. The molecule has 0 spiro atoms. The van der Waals surface area contributed by atoms with Crippen LogP contribution in [0.5, 0.6) is 5.75 Å². The SMILES string of the molecule is Cc1ccc2c(c1)C(=O)C(C)(S(=O)(=O)c1ccccc1)CO2. The molecule has 2 aromatic rings. The molecule has 0 saturated carbocycles. The third-order valence-corrected chi connectivity index (χ3v) is 6.39. The summed E-state index contributed by atoms with van der Waals surface area (Å²) in [6.45, 7) is 3.10. The lowest BCUT2D eigenvalue weighted by Gasteiger charge is -2.33. The van der Waals surface area contributed by atoms with Crippen molar-refractivity contribution in [3.63, 3.8) is 0 Å². The van der Waals surface area contributed by atoms with Crippen LogP contribution in [0.3, 0.4) is 0 Å². The minimum atomic E-state index is -3.84. The summed E-state index contributed by atoms with van der Waals surface area (Å²) in [5.41, 5.74) is 1.21. The zero-order valence-electron chi connectivity index (χ0n) is 12.4. The van der Waals surface area contributed by atoms with E-state index in [2.05, 4.69) is 0 Å². The number of ether oxygens (including phenoxy) is 1. The number of Topliss-reactive ketones (excluding diaryl/α,β-unsaturated/α-hetero) is 1. The van der Waals surface area contributed by atoms with Crippen LogP contribution >= 0.6 is 0 Å². The molecule has 2 aromatic carbocycles. The normalized spacial score (nSPS) is 21.1. The Kier molecular flexibility index (Phi) is 3.33. The quantitative estimate of drug-likeness (QED) is 0.855. The minimum Gasteiger partial charge on any atom is -0.491 e. The highest BCUT2D eigenvalue weighted by molar-refractivity contribution is 7.93. The Balaban J connectivity index is 2.14. The number of benzene rings is 2. The molecule has 0 amide bonds. The number of ketones is 1. The fourth-order valence-corrected chi connectivity index (χ4v) is 4.18. The highest BCUT2D eigenvalue weighted by atomic mass is 32.2. The van der Waals surface area contributed by atoms with Gasteiger partial charge in [-0.3, -0.25) is 4.79 Å². The molecule has 0 bridgehead atoms. The first kappa shape index (κ1) is 14.8. The van der Waals surface area contributed by atoms with Crippen LogP contribution < -0.4 is 4.74 Å². The number of hydrogen-bond acceptors (Lipinski definition) is 4. The second-order valence-electron chi connectivity index (χ2n) is 5.66. The average Bonchev–Trinajstić information content (AvgIpc) is 2.52. The average molecular weight is 316 g/mol. The van der Waals surface area contributed by atoms with E-state index in [0.29, 0.717) is 11.3 Å². The van der Waals surface area contributed by atoms with E-state index in [4.69, 9.17) is 4.74 Å². The van der Waals surface area contributed by atoms with E-state index in [0.717, 1.165) is 5.56 Å². The van der Waals surface area contributed by atoms with Crippen molar-refractivity contribution in [3.8, 4) is 5.75 Å². The Morgan fingerprint density at radius 3 is 2.45 bits per heavy atom. The van der Waals surface area contributed by atoms with Gasteiger partial charge in [0.15, 0.2) is 20.4 Å². The topological polar surface area (TPSA) is 60.4 Å². The van der Waals surface area contributed by atoms with E-state index < -0.39 is 20.4 Å². The number of sulfone groups is 1. The Morgan fingerprint density at radius 1 is 1.09 bits per heavy atom. The van der Waals surface area contributed by atoms with Crippen LogP contribution in [0, 0.1) is 6.92 Å². The lowest BCUT2D eigenvalue weighted by Crippen LogP contribution is -2.51. The molecule has 114 valence electrons. The van der Waals surface area contributed by atoms with Gasteiger partial charge in [-0.15, -0.1) is 0 Å². The largest absolute Gasteiger partial charge is 0.491 e. The lowest BCUT2D eigenvalue weighted by molar-refractivity contribution is 0.0874. The second kappa shape index (κ2) is 4.95. The molecular weight excluding hydrogens is 300 g/mol. The zero-order valence-corrected chi connectivity index (χ0v) is 13.2. The molecular formula is C17H16O4S. The van der Waals surface area contributed by atoms with Crippen molar-refractivity contribution in [2.45, 2.75) is 23.5 Å². The number of carbonyl (C=O) groups excluding carboxylic acids is 1. The second-order valence-corrected chi connectivity index (χ2v) is 8.04. The summed E-state index contributed by atoms with van der Waals surface area (Å²) in [4.78, 5) is 13.0. The third kappa shape index (κ3) is 2.04. The smallest absolute Gasteiger partial charge is 0.194 e. The molecule has 0 fully saturated rings. The summed E-state index contributed by atoms with van der Waals surface area (Å²) in [7, 11) is -3.84. The molecule has 1 unspecified atom stereocenters. The molecule has 1 heterocycles. The summed E-state index contributed by atoms with van der Waals surface area (Å²) in [6, 6.07) is 13.2. The molecule has 1 aliphatic rings. The Labute approximate surface area is 129 Å². The summed E-state index contributed by atoms with van der Waals surface area (Å²) in [5, 5.41) is 0. The van der Waals surface area contributed by atoms with Crippen molar-refractivity contribution in [2.75, 3.05) is 6.61 Å². The number of aryl methyl sites for hydroxylation is 1. The first-order chi connectivity index (χ1) is 10.4. The fraction of sp³-hybridized carbons (Fsp3) is 0.235. The van der Waals surface area contributed by atoms with Crippen molar-refractivity contribution in [3.05, 3.63) is 59.7 Å². The van der Waals surface area contributed by atoms with Crippen molar-refractivity contribution >= 4 is 15.6 Å². The first-order valence-corrected chi connectivity index (χ1v) is 8.42. The van der Waals surface area contributed by atoms with Crippen molar-refractivity contribution < 1.29 is 17.9 Å². The van der Waals surface area contributed by atoms with Gasteiger partial charge in [0.2, 0.25) is 0 Å². The van der Waals surface area contributed by atoms with Gasteiger partial charge in [-0.2, -0.15) is 0 Å². The van der Waals surface area contributed by atoms with Gasteiger partial charge >= 0.3 is 0 Å². The van der Waals surface area contributed by atoms with E-state index in [1.807, 2.05) is 13.0 Å². The summed E-state index contributed by atoms with van der Waals surface area (Å²) in [6.07, 6.45) is 0. The van der Waals surface area contributed by atoms with E-state index in [-0.39, 0.29) is 11.5 Å². The van der Waals surface area contributed by atoms with Crippen LogP contribution in [0.2, 0.25) is 0 Å². The summed E-state index contributed by atoms with van der Waals surface area (Å²) < 4.78 is 29.8. The van der Waals surface area contributed by atoms with Gasteiger partial charge in [-0.1, -0.05) is 29.8 Å². The monoisotopic (exact) mass is 316 g/mol. The number of carbonyl (C=O) groups is 1. The molecule has 0 aromatic heterocycles. The van der Waals surface area contributed by atoms with E-state index in [9.17, 15) is 13.2 Å². The molecule has 1 aliphatic heterocycles. The molecule has 0 saturated heterocycles. The van der Waals surface area contributed by atoms with Gasteiger partial charge in [0.25, 0.3) is 0 Å². The van der Waals surface area contributed by atoms with E-state index in [1.54, 1.807) is 30.3 Å². The van der Waals surface area contributed by atoms with Crippen LogP contribution in [0.4, 0.5) is 0 Å². The van der Waals surface area contributed by atoms with Gasteiger partial charge in [0.05, 0.1) is 10.5 Å². The van der Waals surface area contributed by atoms with Crippen molar-refractivity contribution in [1.82, 2.24) is 0 Å². The Bertz CT molecular complexity index is 840. The van der Waals surface area contributed by atoms with Crippen LogP contribution in [0.15, 0.2) is 53.4 Å². The Morgan fingerprint density at radius 2 is 1.77 bits per heavy atom. The van der Waals surface area contributed by atoms with Crippen molar-refractivity contribution in [1.29, 1.82) is 0 Å². The predicted octanol–water partition coefficient (Wildman–Crippen LogP) is 2.80. The highest BCUT2D eigenvalue weighted by Crippen LogP contribution is 2.37. The molecule has 22 heavy (non-hydrogen) atoms. The molecule has 3 rings (SSSR count). The van der Waals surface area contributed by atoms with Crippen molar-refractivity contribution in [2.24, 2.45) is 0 Å². The van der Waals surface area contributed by atoms with Crippen LogP contribution in [-0.4, -0.2) is 25.6 Å². The maximum absolute atomic E-state index is 12.9. The molecule has 4 nitrogen and oxygen atoms in total. The van der Waals surface area contributed by atoms with E-state index >= 15 is 0 Å². The molecule has 5 heteroatoms. The van der Waals surface area contributed by atoms with E-state index in [1.165, 1.54) is 19.1 Å². The predicted molar refractivity (Wildman–Crippen MR) is 83.0 cm³/mol. The lowest BCUT2D eigenvalue weighted by atomic mass is 9.94. The zero-order chi connectivity index (χ0) is 16.0. The van der Waals surface area contributed by atoms with Gasteiger partial charge in [-0.05, 0) is 38.1 Å². The van der Waals surface area contributed by atoms with Crippen LogP contribution in [0.25, 0.3) is 0 Å². The molecule has 0 aliphatic carbocycles. The fourth-order valence-electron chi connectivity index (χ4n) is 2.57. The molecule has 1 atom stereocenters. The number of hydrogen-bond donors (Lipinski definition) is 0. The highest BCUT2D eigenvalue weighted by Gasteiger charge is 2.51. The Hall–Kier alpha value is -2.14. The maximum atomic E-state index is 12.9. The van der Waals surface area contributed by atoms with Gasteiger partial charge in [-0.25, -0.2) is 8.42 Å². The summed E-state index contributed by atoms with van der Waals surface area (Å²) in [5.74, 6) is 0.0256. The number of rotatable bonds is 2. The maximum Gasteiger partial charge on any atom is 0.194 e. The van der Waals surface area contributed by atoms with Gasteiger partial charge < -0.3 is 4.74 Å². The standard InChI is InChI=1S/C17H16O4S/c1-12-8-9-15-14(10-12)16(18)17(2,11-21-15)22(19,20)13-6-4-3-5-7-13/h3-10H,11H2,1-2H3. The third-order valence-electron chi connectivity index (χ3n) is 4.01. The van der Waals surface area contributed by atoms with Crippen LogP contribution in [-0.2, 0) is 9.84 Å². The van der Waals surface area contributed by atoms with Crippen LogP contribution in [0.1, 0.15) is 22.8 Å². The first-order valence-electron chi connectivity index (χ1n) is 6.94. The van der Waals surface area contributed by atoms with Gasteiger partial charge in [0, 0.05) is 0 Å².